The molecule has 0 aliphatic heterocycles. The predicted molar refractivity (Wildman–Crippen MR) is 38.6 cm³/mol. The fourth-order valence-corrected chi connectivity index (χ4v) is 0.790. The van der Waals surface area contributed by atoms with Crippen LogP contribution in [0.2, 0.25) is 0 Å². The molecule has 56 valence electrons. The molecule has 10 heavy (non-hydrogen) atoms. The minimum absolute atomic E-state index is 0.213. The summed E-state index contributed by atoms with van der Waals surface area (Å²) < 4.78 is 0. The first kappa shape index (κ1) is 7.28. The summed E-state index contributed by atoms with van der Waals surface area (Å²) in [6, 6.07) is 0. The van der Waals surface area contributed by atoms with Crippen molar-refractivity contribution < 1.29 is 5.11 Å². The zero-order chi connectivity index (χ0) is 7.40. The third-order valence-corrected chi connectivity index (χ3v) is 1.41. The molecular formula is C7H12N2O. The van der Waals surface area contributed by atoms with Gasteiger partial charge in [0.2, 0.25) is 0 Å². The van der Waals surface area contributed by atoms with Crippen LogP contribution in [0.1, 0.15) is 18.9 Å². The van der Waals surface area contributed by atoms with Gasteiger partial charge in [-0.1, -0.05) is 0 Å². The summed E-state index contributed by atoms with van der Waals surface area (Å²) in [6.07, 6.45) is 5.12. The second-order valence-corrected chi connectivity index (χ2v) is 2.49. The standard InChI is InChI=1S/C7H12N2O/c1-6(10)2-3-7-4-8-9-5-7/h4-6,10H,2-3H2,1H3,(H,8,9)/t6-/m0/s1. The van der Waals surface area contributed by atoms with Crippen molar-refractivity contribution in [1.82, 2.24) is 10.2 Å². The molecule has 0 fully saturated rings. The molecule has 0 unspecified atom stereocenters. The summed E-state index contributed by atoms with van der Waals surface area (Å²) in [5.74, 6) is 0. The summed E-state index contributed by atoms with van der Waals surface area (Å²) in [7, 11) is 0. The van der Waals surface area contributed by atoms with Crippen LogP contribution in [0.3, 0.4) is 0 Å². The maximum absolute atomic E-state index is 8.92. The lowest BCUT2D eigenvalue weighted by atomic mass is 10.1. The fourth-order valence-electron chi connectivity index (χ4n) is 0.790. The molecule has 1 heterocycles. The summed E-state index contributed by atoms with van der Waals surface area (Å²) in [6.45, 7) is 1.79. The van der Waals surface area contributed by atoms with E-state index in [1.807, 2.05) is 6.20 Å². The SMILES string of the molecule is C[C@H](O)CCc1cn[nH]c1. The van der Waals surface area contributed by atoms with Crippen molar-refractivity contribution in [3.63, 3.8) is 0 Å². The molecule has 1 atom stereocenters. The van der Waals surface area contributed by atoms with Crippen LogP contribution in [0.15, 0.2) is 12.4 Å². The van der Waals surface area contributed by atoms with E-state index in [0.717, 1.165) is 18.4 Å². The Kier molecular flexibility index (Phi) is 2.45. The van der Waals surface area contributed by atoms with Crippen molar-refractivity contribution in [3.8, 4) is 0 Å². The number of aliphatic hydroxyl groups is 1. The maximum atomic E-state index is 8.92. The number of nitrogens with one attached hydrogen (secondary N) is 1. The lowest BCUT2D eigenvalue weighted by Crippen LogP contribution is -2.00. The zero-order valence-corrected chi connectivity index (χ0v) is 6.04. The minimum Gasteiger partial charge on any atom is -0.393 e. The number of aryl methyl sites for hydroxylation is 1. The molecule has 3 nitrogen and oxygen atoms in total. The first-order valence-corrected chi connectivity index (χ1v) is 3.45. The molecule has 0 spiro atoms. The Labute approximate surface area is 60.1 Å². The molecule has 0 aliphatic carbocycles. The Morgan fingerprint density at radius 2 is 2.60 bits per heavy atom. The van der Waals surface area contributed by atoms with Crippen LogP contribution in [0.5, 0.6) is 0 Å². The first-order valence-electron chi connectivity index (χ1n) is 3.45. The highest BCUT2D eigenvalue weighted by molar-refractivity contribution is 5.02. The number of hydrogen-bond acceptors (Lipinski definition) is 2. The molecule has 0 saturated carbocycles. The normalized spacial score (nSPS) is 13.4. The molecule has 0 radical (unpaired) electrons. The number of hydrogen-bond donors (Lipinski definition) is 2. The van der Waals surface area contributed by atoms with Crippen LogP contribution in [-0.4, -0.2) is 21.4 Å². The van der Waals surface area contributed by atoms with Gasteiger partial charge in [-0.3, -0.25) is 5.10 Å². The Morgan fingerprint density at radius 3 is 3.10 bits per heavy atom. The Balaban J connectivity index is 2.28. The van der Waals surface area contributed by atoms with Gasteiger partial charge in [-0.2, -0.15) is 5.10 Å². The van der Waals surface area contributed by atoms with Crippen LogP contribution in [0, 0.1) is 0 Å². The Morgan fingerprint density at radius 1 is 1.80 bits per heavy atom. The lowest BCUT2D eigenvalue weighted by molar-refractivity contribution is 0.185. The van der Waals surface area contributed by atoms with E-state index in [1.165, 1.54) is 0 Å². The van der Waals surface area contributed by atoms with Gasteiger partial charge in [-0.25, -0.2) is 0 Å². The summed E-state index contributed by atoms with van der Waals surface area (Å²) >= 11 is 0. The third-order valence-electron chi connectivity index (χ3n) is 1.41. The van der Waals surface area contributed by atoms with Crippen molar-refractivity contribution in [2.75, 3.05) is 0 Å². The molecule has 3 heteroatoms. The largest absolute Gasteiger partial charge is 0.393 e. The average Bonchev–Trinajstić information content (AvgIpc) is 2.34. The molecule has 0 saturated heterocycles. The number of aromatic amines is 1. The van der Waals surface area contributed by atoms with Gasteiger partial charge in [-0.05, 0) is 25.3 Å². The highest BCUT2D eigenvalue weighted by Crippen LogP contribution is 2.01. The molecule has 1 aromatic rings. The van der Waals surface area contributed by atoms with Crippen LogP contribution in [0.4, 0.5) is 0 Å². The Bertz CT molecular complexity index is 170. The van der Waals surface area contributed by atoms with E-state index in [4.69, 9.17) is 5.11 Å². The summed E-state index contributed by atoms with van der Waals surface area (Å²) in [5.41, 5.74) is 1.15. The number of aromatic nitrogens is 2. The highest BCUT2D eigenvalue weighted by Gasteiger charge is 1.97. The van der Waals surface area contributed by atoms with Crippen molar-refractivity contribution in [2.24, 2.45) is 0 Å². The van der Waals surface area contributed by atoms with E-state index in [1.54, 1.807) is 13.1 Å². The molecule has 0 aromatic carbocycles. The van der Waals surface area contributed by atoms with Gasteiger partial charge in [-0.15, -0.1) is 0 Å². The monoisotopic (exact) mass is 140 g/mol. The van der Waals surface area contributed by atoms with Gasteiger partial charge < -0.3 is 5.11 Å². The van der Waals surface area contributed by atoms with E-state index in [-0.39, 0.29) is 6.10 Å². The van der Waals surface area contributed by atoms with Crippen molar-refractivity contribution in [2.45, 2.75) is 25.9 Å². The molecule has 0 aliphatic rings. The summed E-state index contributed by atoms with van der Waals surface area (Å²) in [5, 5.41) is 15.4. The average molecular weight is 140 g/mol. The number of rotatable bonds is 3. The van der Waals surface area contributed by atoms with Crippen molar-refractivity contribution in [3.05, 3.63) is 18.0 Å². The predicted octanol–water partition coefficient (Wildman–Crippen LogP) is 0.723. The van der Waals surface area contributed by atoms with Gasteiger partial charge in [0.15, 0.2) is 0 Å². The summed E-state index contributed by atoms with van der Waals surface area (Å²) in [4.78, 5) is 0. The quantitative estimate of drug-likeness (QED) is 0.650. The Hall–Kier alpha value is -0.830. The maximum Gasteiger partial charge on any atom is 0.0519 e. The number of aliphatic hydroxyl groups excluding tert-OH is 1. The van der Waals surface area contributed by atoms with Crippen LogP contribution >= 0.6 is 0 Å². The zero-order valence-electron chi connectivity index (χ0n) is 6.04. The second kappa shape index (κ2) is 3.37. The molecule has 1 aromatic heterocycles. The molecule has 1 rings (SSSR count). The third kappa shape index (κ3) is 2.19. The van der Waals surface area contributed by atoms with Gasteiger partial charge in [0, 0.05) is 6.20 Å². The van der Waals surface area contributed by atoms with Crippen molar-refractivity contribution >= 4 is 0 Å². The van der Waals surface area contributed by atoms with E-state index in [0.29, 0.717) is 0 Å². The van der Waals surface area contributed by atoms with Crippen LogP contribution < -0.4 is 0 Å². The lowest BCUT2D eigenvalue weighted by Gasteiger charge is -1.99. The van der Waals surface area contributed by atoms with Crippen LogP contribution in [-0.2, 0) is 6.42 Å². The van der Waals surface area contributed by atoms with Gasteiger partial charge in [0.05, 0.1) is 12.3 Å². The van der Waals surface area contributed by atoms with Gasteiger partial charge >= 0.3 is 0 Å². The second-order valence-electron chi connectivity index (χ2n) is 2.49. The molecular weight excluding hydrogens is 128 g/mol. The minimum atomic E-state index is -0.213. The smallest absolute Gasteiger partial charge is 0.0519 e. The van der Waals surface area contributed by atoms with E-state index < -0.39 is 0 Å². The molecule has 2 N–H and O–H groups in total. The van der Waals surface area contributed by atoms with E-state index in [2.05, 4.69) is 10.2 Å². The number of nitrogens with zero attached hydrogens (tertiary/aromatic N) is 1. The number of H-pyrrole nitrogens is 1. The fraction of sp³-hybridized carbons (Fsp3) is 0.571. The van der Waals surface area contributed by atoms with E-state index >= 15 is 0 Å². The topological polar surface area (TPSA) is 48.9 Å². The molecule has 0 bridgehead atoms. The van der Waals surface area contributed by atoms with Gasteiger partial charge in [0.1, 0.15) is 0 Å². The van der Waals surface area contributed by atoms with Gasteiger partial charge in [0.25, 0.3) is 0 Å². The van der Waals surface area contributed by atoms with Crippen LogP contribution in [0.25, 0.3) is 0 Å². The van der Waals surface area contributed by atoms with E-state index in [9.17, 15) is 0 Å². The molecule has 0 amide bonds. The highest BCUT2D eigenvalue weighted by atomic mass is 16.3. The van der Waals surface area contributed by atoms with Crippen molar-refractivity contribution in [1.29, 1.82) is 0 Å². The first-order chi connectivity index (χ1) is 4.79.